The molecule has 0 radical (unpaired) electrons. The summed E-state index contributed by atoms with van der Waals surface area (Å²) in [5.74, 6) is -0.968. The second kappa shape index (κ2) is 8.05. The number of aryl methyl sites for hydroxylation is 3. The fourth-order valence-electron chi connectivity index (χ4n) is 2.77. The van der Waals surface area contributed by atoms with Crippen LogP contribution in [-0.2, 0) is 20.3 Å². The molecule has 0 aromatic heterocycles. The van der Waals surface area contributed by atoms with Gasteiger partial charge in [-0.1, -0.05) is 18.2 Å². The fourth-order valence-corrected chi connectivity index (χ4v) is 3.56. The number of rotatable bonds is 6. The van der Waals surface area contributed by atoms with Crippen molar-refractivity contribution in [2.45, 2.75) is 39.6 Å². The van der Waals surface area contributed by atoms with E-state index in [0.29, 0.717) is 11.1 Å². The van der Waals surface area contributed by atoms with Crippen LogP contribution < -0.4 is 0 Å². The molecule has 0 heterocycles. The average molecular weight is 388 g/mol. The molecule has 0 aliphatic rings. The standard InChI is InChI=1S/C21H24O5S/c1-13-10-15(3)19(11-14(13)2)20(22)16(4)26-21(23)18-8-6-17(7-9-18)12-27(5,24)25/h6-11,16H,12H2,1-5H3/t16-/m1/s1. The number of sulfone groups is 1. The van der Waals surface area contributed by atoms with Crippen LogP contribution in [0.1, 0.15) is 49.9 Å². The zero-order valence-electron chi connectivity index (χ0n) is 16.2. The largest absolute Gasteiger partial charge is 0.451 e. The summed E-state index contributed by atoms with van der Waals surface area (Å²) in [5.41, 5.74) is 4.34. The van der Waals surface area contributed by atoms with E-state index in [0.717, 1.165) is 22.9 Å². The molecule has 0 aliphatic heterocycles. The Bertz CT molecular complexity index is 972. The Kier molecular flexibility index (Phi) is 6.21. The summed E-state index contributed by atoms with van der Waals surface area (Å²) in [6, 6.07) is 9.90. The van der Waals surface area contributed by atoms with Crippen LogP contribution in [-0.4, -0.2) is 32.5 Å². The first-order chi connectivity index (χ1) is 12.5. The number of hydrogen-bond donors (Lipinski definition) is 0. The molecule has 0 spiro atoms. The van der Waals surface area contributed by atoms with Gasteiger partial charge in [-0.05, 0) is 68.1 Å². The third kappa shape index (κ3) is 5.50. The average Bonchev–Trinajstić information content (AvgIpc) is 2.56. The SMILES string of the molecule is Cc1cc(C)c(C(=O)[C@@H](C)OC(=O)c2ccc(CS(C)(=O)=O)cc2)cc1C. The number of carbonyl (C=O) groups is 2. The fraction of sp³-hybridized carbons (Fsp3) is 0.333. The van der Waals surface area contributed by atoms with Crippen molar-refractivity contribution in [2.75, 3.05) is 6.26 Å². The van der Waals surface area contributed by atoms with Gasteiger partial charge < -0.3 is 4.74 Å². The molecule has 1 atom stereocenters. The number of esters is 1. The van der Waals surface area contributed by atoms with Crippen molar-refractivity contribution >= 4 is 21.6 Å². The molecule has 0 N–H and O–H groups in total. The first-order valence-electron chi connectivity index (χ1n) is 8.57. The van der Waals surface area contributed by atoms with E-state index in [1.54, 1.807) is 19.1 Å². The van der Waals surface area contributed by atoms with E-state index in [1.807, 2.05) is 32.9 Å². The van der Waals surface area contributed by atoms with E-state index in [-0.39, 0.29) is 17.1 Å². The Labute approximate surface area is 160 Å². The monoisotopic (exact) mass is 388 g/mol. The Morgan fingerprint density at radius 2 is 1.52 bits per heavy atom. The first kappa shape index (κ1) is 20.8. The molecule has 0 saturated heterocycles. The summed E-state index contributed by atoms with van der Waals surface area (Å²) < 4.78 is 27.9. The smallest absolute Gasteiger partial charge is 0.338 e. The number of benzene rings is 2. The quantitative estimate of drug-likeness (QED) is 0.558. The lowest BCUT2D eigenvalue weighted by atomic mass is 9.96. The summed E-state index contributed by atoms with van der Waals surface area (Å²) >= 11 is 0. The van der Waals surface area contributed by atoms with Gasteiger partial charge in [0.2, 0.25) is 5.78 Å². The van der Waals surface area contributed by atoms with Crippen molar-refractivity contribution in [1.29, 1.82) is 0 Å². The zero-order valence-corrected chi connectivity index (χ0v) is 17.0. The number of ether oxygens (including phenoxy) is 1. The molecule has 27 heavy (non-hydrogen) atoms. The summed E-state index contributed by atoms with van der Waals surface area (Å²) in [6.45, 7) is 7.31. The lowest BCUT2D eigenvalue weighted by molar-refractivity contribution is 0.0318. The van der Waals surface area contributed by atoms with E-state index in [4.69, 9.17) is 4.74 Å². The highest BCUT2D eigenvalue weighted by atomic mass is 32.2. The van der Waals surface area contributed by atoms with E-state index in [1.165, 1.54) is 12.1 Å². The van der Waals surface area contributed by atoms with Gasteiger partial charge in [-0.15, -0.1) is 0 Å². The molecular formula is C21H24O5S. The molecule has 2 rings (SSSR count). The van der Waals surface area contributed by atoms with Crippen LogP contribution >= 0.6 is 0 Å². The van der Waals surface area contributed by atoms with E-state index in [9.17, 15) is 18.0 Å². The van der Waals surface area contributed by atoms with E-state index in [2.05, 4.69) is 0 Å². The van der Waals surface area contributed by atoms with Crippen molar-refractivity contribution in [2.24, 2.45) is 0 Å². The molecule has 0 bridgehead atoms. The second-order valence-corrected chi connectivity index (χ2v) is 9.07. The summed E-state index contributed by atoms with van der Waals surface area (Å²) in [6.07, 6.45) is 0.228. The van der Waals surface area contributed by atoms with Gasteiger partial charge in [0.05, 0.1) is 11.3 Å². The normalized spacial score (nSPS) is 12.5. The topological polar surface area (TPSA) is 77.5 Å². The second-order valence-electron chi connectivity index (χ2n) is 6.93. The summed E-state index contributed by atoms with van der Waals surface area (Å²) in [5, 5.41) is 0. The van der Waals surface area contributed by atoms with Crippen molar-refractivity contribution in [3.63, 3.8) is 0 Å². The Morgan fingerprint density at radius 3 is 2.07 bits per heavy atom. The van der Waals surface area contributed by atoms with Gasteiger partial charge in [0, 0.05) is 11.8 Å². The van der Waals surface area contributed by atoms with Gasteiger partial charge in [-0.25, -0.2) is 13.2 Å². The van der Waals surface area contributed by atoms with Gasteiger partial charge in [0.1, 0.15) is 0 Å². The lowest BCUT2D eigenvalue weighted by Crippen LogP contribution is -2.25. The predicted molar refractivity (Wildman–Crippen MR) is 105 cm³/mol. The molecule has 0 aliphatic carbocycles. The van der Waals surface area contributed by atoms with Crippen LogP contribution in [0.4, 0.5) is 0 Å². The van der Waals surface area contributed by atoms with Crippen molar-refractivity contribution < 1.29 is 22.7 Å². The minimum atomic E-state index is -3.14. The molecule has 0 amide bonds. The maximum Gasteiger partial charge on any atom is 0.338 e. The maximum atomic E-state index is 12.7. The highest BCUT2D eigenvalue weighted by Gasteiger charge is 2.22. The molecule has 144 valence electrons. The zero-order chi connectivity index (χ0) is 20.4. The highest BCUT2D eigenvalue weighted by Crippen LogP contribution is 2.18. The van der Waals surface area contributed by atoms with Crippen LogP contribution in [0, 0.1) is 20.8 Å². The van der Waals surface area contributed by atoms with Crippen LogP contribution in [0.3, 0.4) is 0 Å². The Hall–Kier alpha value is -2.47. The van der Waals surface area contributed by atoms with E-state index >= 15 is 0 Å². The first-order valence-corrected chi connectivity index (χ1v) is 10.6. The number of Topliss-reactive ketones (excluding diaryl/α,β-unsaturated/α-hetero) is 1. The lowest BCUT2D eigenvalue weighted by Gasteiger charge is -2.15. The van der Waals surface area contributed by atoms with Crippen LogP contribution in [0.15, 0.2) is 36.4 Å². The molecule has 2 aromatic carbocycles. The summed E-state index contributed by atoms with van der Waals surface area (Å²) in [7, 11) is -3.14. The van der Waals surface area contributed by atoms with Crippen molar-refractivity contribution in [3.05, 3.63) is 69.8 Å². The Balaban J connectivity index is 2.11. The third-order valence-corrected chi connectivity index (χ3v) is 5.24. The van der Waals surface area contributed by atoms with Gasteiger partial charge >= 0.3 is 5.97 Å². The molecule has 2 aromatic rings. The molecule has 0 saturated carbocycles. The van der Waals surface area contributed by atoms with Crippen molar-refractivity contribution in [3.8, 4) is 0 Å². The van der Waals surface area contributed by atoms with Crippen LogP contribution in [0.5, 0.6) is 0 Å². The third-order valence-electron chi connectivity index (χ3n) is 4.38. The highest BCUT2D eigenvalue weighted by molar-refractivity contribution is 7.89. The molecular weight excluding hydrogens is 364 g/mol. The van der Waals surface area contributed by atoms with E-state index < -0.39 is 21.9 Å². The molecule has 5 nitrogen and oxygen atoms in total. The minimum Gasteiger partial charge on any atom is -0.451 e. The number of carbonyl (C=O) groups excluding carboxylic acids is 2. The number of ketones is 1. The molecule has 0 fully saturated rings. The van der Waals surface area contributed by atoms with Crippen molar-refractivity contribution in [1.82, 2.24) is 0 Å². The van der Waals surface area contributed by atoms with Crippen LogP contribution in [0.2, 0.25) is 0 Å². The molecule has 0 unspecified atom stereocenters. The minimum absolute atomic E-state index is 0.0940. The van der Waals surface area contributed by atoms with Crippen LogP contribution in [0.25, 0.3) is 0 Å². The summed E-state index contributed by atoms with van der Waals surface area (Å²) in [4.78, 5) is 25.0. The molecule has 6 heteroatoms. The van der Waals surface area contributed by atoms with Gasteiger partial charge in [-0.2, -0.15) is 0 Å². The van der Waals surface area contributed by atoms with Gasteiger partial charge in [0.25, 0.3) is 0 Å². The Morgan fingerprint density at radius 1 is 0.963 bits per heavy atom. The van der Waals surface area contributed by atoms with Gasteiger partial charge in [0.15, 0.2) is 15.9 Å². The number of hydrogen-bond acceptors (Lipinski definition) is 5. The predicted octanol–water partition coefficient (Wildman–Crippen LogP) is 3.58. The maximum absolute atomic E-state index is 12.7. The van der Waals surface area contributed by atoms with Gasteiger partial charge in [-0.3, -0.25) is 4.79 Å².